The van der Waals surface area contributed by atoms with Crippen LogP contribution in [-0.2, 0) is 43.3 Å². The average Bonchev–Trinajstić information content (AvgIpc) is 2.28. The molecule has 0 N–H and O–H groups in total. The molecule has 4 aliphatic rings. The second-order valence-corrected chi connectivity index (χ2v) is 26.9. The van der Waals surface area contributed by atoms with Crippen molar-refractivity contribution in [1.29, 1.82) is 0 Å². The summed E-state index contributed by atoms with van der Waals surface area (Å²) in [6.07, 6.45) is 9.28. The van der Waals surface area contributed by atoms with Crippen molar-refractivity contribution in [1.82, 2.24) is 59.9 Å². The number of halogens is 4. The van der Waals surface area contributed by atoms with Gasteiger partial charge >= 0.3 is 0 Å². The number of hydrogen-bond acceptors (Lipinski definition) is 14. The third-order valence-electron chi connectivity index (χ3n) is 17.1. The predicted octanol–water partition coefficient (Wildman–Crippen LogP) is 8.99. The number of aryl methyl sites for hydroxylation is 4. The van der Waals surface area contributed by atoms with E-state index in [4.69, 9.17) is 9.97 Å². The van der Waals surface area contributed by atoms with E-state index in [0.717, 1.165) is 65.1 Å². The SMILES string of the molecule is Cc1ccc(F)c(-c2cc3c(nn2)[C@@]2(c4cccc(-n5cnc(CCS(C)(=O)=O)n5)n4)CC[C@@H]3C2(C)C)c1F.Cc1ccc([C@@]23CC[C@@H](c4cc(-c5c(F)cccc5F)nnc42)C3(C)C)nc1-n1cnc(CCS(C)(=O)=O)n1. The van der Waals surface area contributed by atoms with Gasteiger partial charge in [-0.15, -0.1) is 20.4 Å². The van der Waals surface area contributed by atoms with Gasteiger partial charge in [0.25, 0.3) is 0 Å². The molecular weight excluding hydrogens is 1040 g/mol. The first-order valence-corrected chi connectivity index (χ1v) is 29.8. The molecule has 0 radical (unpaired) electrons. The van der Waals surface area contributed by atoms with Crippen LogP contribution in [0.15, 0.2) is 85.5 Å². The van der Waals surface area contributed by atoms with Gasteiger partial charge in [-0.2, -0.15) is 10.2 Å². The lowest BCUT2D eigenvalue weighted by molar-refractivity contribution is 0.242. The summed E-state index contributed by atoms with van der Waals surface area (Å²) in [6, 6.07) is 19.7. The Morgan fingerprint density at radius 3 is 1.63 bits per heavy atom. The number of aromatic nitrogens is 12. The van der Waals surface area contributed by atoms with Crippen molar-refractivity contribution in [3.8, 4) is 34.2 Å². The minimum absolute atomic E-state index is 0.0308. The van der Waals surface area contributed by atoms with Crippen LogP contribution in [0.5, 0.6) is 0 Å². The summed E-state index contributed by atoms with van der Waals surface area (Å²) in [5.41, 5.74) is 4.76. The lowest BCUT2D eigenvalue weighted by Gasteiger charge is -2.37. The Balaban J connectivity index is 0.000000165. The Bertz CT molecular complexity index is 3960. The molecule has 0 aliphatic heterocycles. The molecule has 6 aromatic heterocycles. The number of fused-ring (bicyclic) bond motifs is 10. The first-order chi connectivity index (χ1) is 36.8. The highest BCUT2D eigenvalue weighted by atomic mass is 32.2. The molecule has 22 heteroatoms. The van der Waals surface area contributed by atoms with E-state index in [1.54, 1.807) is 34.7 Å². The summed E-state index contributed by atoms with van der Waals surface area (Å²) in [5, 5.41) is 26.8. The van der Waals surface area contributed by atoms with E-state index in [1.807, 2.05) is 37.3 Å². The summed E-state index contributed by atoms with van der Waals surface area (Å²) >= 11 is 0. The molecule has 4 aliphatic carbocycles. The van der Waals surface area contributed by atoms with E-state index in [0.29, 0.717) is 28.8 Å². The molecule has 12 rings (SSSR count). The van der Waals surface area contributed by atoms with Gasteiger partial charge in [0, 0.05) is 25.4 Å². The maximum Gasteiger partial charge on any atom is 0.158 e. The molecule has 404 valence electrons. The van der Waals surface area contributed by atoms with E-state index in [1.165, 1.54) is 49.2 Å². The molecule has 0 saturated heterocycles. The molecule has 0 spiro atoms. The van der Waals surface area contributed by atoms with Crippen molar-refractivity contribution in [2.24, 2.45) is 10.8 Å². The lowest BCUT2D eigenvalue weighted by Crippen LogP contribution is -2.38. The summed E-state index contributed by atoms with van der Waals surface area (Å²) in [7, 11) is -6.27. The van der Waals surface area contributed by atoms with Gasteiger partial charge < -0.3 is 0 Å². The fourth-order valence-electron chi connectivity index (χ4n) is 13.0. The Hall–Kier alpha value is -7.20. The largest absolute Gasteiger partial charge is 0.233 e. The van der Waals surface area contributed by atoms with Crippen LogP contribution in [-0.4, -0.2) is 101 Å². The van der Waals surface area contributed by atoms with Gasteiger partial charge in [0.1, 0.15) is 55.6 Å². The van der Waals surface area contributed by atoms with Gasteiger partial charge in [0.05, 0.1) is 67.6 Å². The topological polar surface area (TPSA) is 207 Å². The minimum Gasteiger partial charge on any atom is -0.233 e. The smallest absolute Gasteiger partial charge is 0.158 e. The normalized spacial score (nSPS) is 21.3. The van der Waals surface area contributed by atoms with E-state index in [2.05, 4.69) is 68.3 Å². The van der Waals surface area contributed by atoms with Gasteiger partial charge in [-0.25, -0.2) is 63.7 Å². The first-order valence-electron chi connectivity index (χ1n) is 25.6. The second kappa shape index (κ2) is 18.7. The van der Waals surface area contributed by atoms with Crippen LogP contribution < -0.4 is 0 Å². The second-order valence-electron chi connectivity index (χ2n) is 22.3. The molecule has 2 aromatic carbocycles. The summed E-state index contributed by atoms with van der Waals surface area (Å²) in [4.78, 5) is 18.6. The molecule has 4 atom stereocenters. The third-order valence-corrected chi connectivity index (χ3v) is 19.0. The van der Waals surface area contributed by atoms with Crippen molar-refractivity contribution < 1.29 is 34.4 Å². The Kier molecular flexibility index (Phi) is 12.7. The molecule has 2 fully saturated rings. The van der Waals surface area contributed by atoms with Crippen molar-refractivity contribution in [3.63, 3.8) is 0 Å². The van der Waals surface area contributed by atoms with Gasteiger partial charge in [-0.3, -0.25) is 0 Å². The summed E-state index contributed by atoms with van der Waals surface area (Å²) in [5.74, 6) is -0.440. The van der Waals surface area contributed by atoms with Crippen LogP contribution in [0.3, 0.4) is 0 Å². The standard InChI is InChI=1S/2C28H28F2N6O2S/c1-16-8-9-19(29)24(25(16)30)20-14-17-18-10-12-28(27(18,2)3,26(17)34-33-20)21-6-5-7-23(32-21)36-15-31-22(35-36)11-13-39(4,37)38;1-16-8-9-22(32-26(16)36-15-31-23(35-36)11-13-39(4,37)38)28-12-10-18(27(28,2)3)17-14-21(33-34-25(17)28)24-19(29)6-5-7-20(24)30/h2*5-9,14-15,18H,10-13H2,1-4H3/t2*18-,28-/m00/s1. The van der Waals surface area contributed by atoms with Crippen LogP contribution in [0, 0.1) is 47.9 Å². The van der Waals surface area contributed by atoms with E-state index in [9.17, 15) is 34.4 Å². The number of hydrogen-bond donors (Lipinski definition) is 0. The minimum atomic E-state index is -3.14. The number of benzene rings is 2. The van der Waals surface area contributed by atoms with Gasteiger partial charge in [0.2, 0.25) is 0 Å². The number of sulfone groups is 2. The van der Waals surface area contributed by atoms with Gasteiger partial charge in [-0.05, 0) is 133 Å². The zero-order valence-corrected chi connectivity index (χ0v) is 45.9. The van der Waals surface area contributed by atoms with Crippen molar-refractivity contribution in [2.75, 3.05) is 24.0 Å². The van der Waals surface area contributed by atoms with E-state index >= 15 is 0 Å². The molecular formula is C56H56F4N12O4S2. The molecule has 0 amide bonds. The molecule has 2 saturated carbocycles. The molecule has 4 bridgehead atoms. The van der Waals surface area contributed by atoms with Crippen LogP contribution in [0.1, 0.15) is 122 Å². The number of rotatable bonds is 12. The Morgan fingerprint density at radius 1 is 0.577 bits per heavy atom. The quantitative estimate of drug-likeness (QED) is 0.105. The van der Waals surface area contributed by atoms with Crippen molar-refractivity contribution >= 4 is 19.7 Å². The predicted molar refractivity (Wildman–Crippen MR) is 282 cm³/mol. The van der Waals surface area contributed by atoms with Crippen LogP contribution >= 0.6 is 0 Å². The Labute approximate surface area is 449 Å². The van der Waals surface area contributed by atoms with Crippen LogP contribution in [0.25, 0.3) is 34.2 Å². The van der Waals surface area contributed by atoms with Crippen LogP contribution in [0.4, 0.5) is 17.6 Å². The molecule has 8 aromatic rings. The highest BCUT2D eigenvalue weighted by Gasteiger charge is 2.66. The highest BCUT2D eigenvalue weighted by Crippen LogP contribution is 2.71. The number of pyridine rings is 2. The molecule has 16 nitrogen and oxygen atoms in total. The highest BCUT2D eigenvalue weighted by molar-refractivity contribution is 7.90. The van der Waals surface area contributed by atoms with Crippen LogP contribution in [0.2, 0.25) is 0 Å². The van der Waals surface area contributed by atoms with Gasteiger partial charge in [0.15, 0.2) is 23.3 Å². The van der Waals surface area contributed by atoms with Crippen molar-refractivity contribution in [2.45, 2.75) is 103 Å². The fraction of sp³-hybridized carbons (Fsp3) is 0.393. The zero-order chi connectivity index (χ0) is 55.5. The average molecular weight is 1100 g/mol. The fourth-order valence-corrected chi connectivity index (χ4v) is 14.1. The number of nitrogens with zero attached hydrogens (tertiary/aromatic N) is 12. The zero-order valence-electron chi connectivity index (χ0n) is 44.2. The molecule has 0 unspecified atom stereocenters. The lowest BCUT2D eigenvalue weighted by atomic mass is 9.66. The Morgan fingerprint density at radius 2 is 1.06 bits per heavy atom. The van der Waals surface area contributed by atoms with Gasteiger partial charge in [-0.1, -0.05) is 52.0 Å². The maximum absolute atomic E-state index is 14.9. The summed E-state index contributed by atoms with van der Waals surface area (Å²) in [6.45, 7) is 12.3. The van der Waals surface area contributed by atoms with Crippen molar-refractivity contribution in [3.05, 3.63) is 165 Å². The molecule has 6 heterocycles. The van der Waals surface area contributed by atoms with E-state index < -0.39 is 53.8 Å². The monoisotopic (exact) mass is 1100 g/mol. The summed E-state index contributed by atoms with van der Waals surface area (Å²) < 4.78 is 108. The first kappa shape index (κ1) is 52.8. The maximum atomic E-state index is 14.9. The third kappa shape index (κ3) is 8.51. The molecule has 78 heavy (non-hydrogen) atoms. The van der Waals surface area contributed by atoms with E-state index in [-0.39, 0.29) is 69.5 Å².